The maximum atomic E-state index is 12.8. The molecule has 0 saturated carbocycles. The first-order chi connectivity index (χ1) is 8.29. The first-order valence-electron chi connectivity index (χ1n) is 6.09. The molecule has 94 valence electrons. The summed E-state index contributed by atoms with van der Waals surface area (Å²) < 4.78 is 18.1. The molecule has 1 saturated heterocycles. The summed E-state index contributed by atoms with van der Waals surface area (Å²) in [5.74, 6) is 0.324. The Hall–Kier alpha value is -1.13. The standard InChI is InChI=1S/C13H19FN2O/c14-11-1-3-12(4-2-11)16-13(9-15)10-5-7-17-8-6-10/h1-4,10,13,16H,5-9,15H2. The summed E-state index contributed by atoms with van der Waals surface area (Å²) in [6.07, 6.45) is 2.08. The smallest absolute Gasteiger partial charge is 0.123 e. The molecular formula is C13H19FN2O. The zero-order valence-electron chi connectivity index (χ0n) is 9.86. The Labute approximate surface area is 101 Å². The number of benzene rings is 1. The average molecular weight is 238 g/mol. The zero-order chi connectivity index (χ0) is 12.1. The van der Waals surface area contributed by atoms with Gasteiger partial charge in [-0.3, -0.25) is 0 Å². The average Bonchev–Trinajstić information content (AvgIpc) is 2.39. The minimum absolute atomic E-state index is 0.217. The Kier molecular flexibility index (Phi) is 4.34. The summed E-state index contributed by atoms with van der Waals surface area (Å²) in [5, 5.41) is 3.38. The lowest BCUT2D eigenvalue weighted by molar-refractivity contribution is 0.0614. The molecule has 0 aromatic heterocycles. The van der Waals surface area contributed by atoms with Crippen molar-refractivity contribution in [2.45, 2.75) is 18.9 Å². The highest BCUT2D eigenvalue weighted by Crippen LogP contribution is 2.21. The second kappa shape index (κ2) is 5.98. The van der Waals surface area contributed by atoms with Crippen LogP contribution in [-0.2, 0) is 4.74 Å². The molecule has 1 aromatic rings. The van der Waals surface area contributed by atoms with Crippen molar-refractivity contribution in [1.82, 2.24) is 0 Å². The highest BCUT2D eigenvalue weighted by Gasteiger charge is 2.22. The summed E-state index contributed by atoms with van der Waals surface area (Å²) in [5.41, 5.74) is 6.73. The number of halogens is 1. The Morgan fingerprint density at radius 1 is 1.29 bits per heavy atom. The van der Waals surface area contributed by atoms with E-state index < -0.39 is 0 Å². The van der Waals surface area contributed by atoms with Crippen molar-refractivity contribution in [3.63, 3.8) is 0 Å². The van der Waals surface area contributed by atoms with Crippen LogP contribution in [0.1, 0.15) is 12.8 Å². The Morgan fingerprint density at radius 2 is 1.94 bits per heavy atom. The van der Waals surface area contributed by atoms with E-state index in [4.69, 9.17) is 10.5 Å². The summed E-state index contributed by atoms with van der Waals surface area (Å²) in [6, 6.07) is 6.65. The Morgan fingerprint density at radius 3 is 2.53 bits per heavy atom. The van der Waals surface area contributed by atoms with Gasteiger partial charge in [-0.1, -0.05) is 0 Å². The number of nitrogens with two attached hydrogens (primary N) is 1. The topological polar surface area (TPSA) is 47.3 Å². The van der Waals surface area contributed by atoms with Gasteiger partial charge < -0.3 is 15.8 Å². The van der Waals surface area contributed by atoms with Gasteiger partial charge in [0.05, 0.1) is 0 Å². The predicted octanol–water partition coefficient (Wildman–Crippen LogP) is 1.99. The number of rotatable bonds is 4. The molecule has 0 aliphatic carbocycles. The maximum absolute atomic E-state index is 12.8. The van der Waals surface area contributed by atoms with Crippen LogP contribution in [0, 0.1) is 11.7 Å². The fraction of sp³-hybridized carbons (Fsp3) is 0.538. The van der Waals surface area contributed by atoms with Gasteiger partial charge in [0.25, 0.3) is 0 Å². The van der Waals surface area contributed by atoms with E-state index >= 15 is 0 Å². The van der Waals surface area contributed by atoms with Gasteiger partial charge in [-0.05, 0) is 43.0 Å². The molecule has 3 nitrogen and oxygen atoms in total. The van der Waals surface area contributed by atoms with E-state index in [-0.39, 0.29) is 11.9 Å². The molecule has 1 atom stereocenters. The SMILES string of the molecule is NCC(Nc1ccc(F)cc1)C1CCOCC1. The lowest BCUT2D eigenvalue weighted by Gasteiger charge is -2.30. The van der Waals surface area contributed by atoms with Crippen molar-refractivity contribution < 1.29 is 9.13 Å². The molecule has 1 unspecified atom stereocenters. The van der Waals surface area contributed by atoms with Crippen molar-refractivity contribution in [1.29, 1.82) is 0 Å². The van der Waals surface area contributed by atoms with Gasteiger partial charge in [-0.25, -0.2) is 4.39 Å². The summed E-state index contributed by atoms with van der Waals surface area (Å²) in [6.45, 7) is 2.21. The summed E-state index contributed by atoms with van der Waals surface area (Å²) in [7, 11) is 0. The van der Waals surface area contributed by atoms with Gasteiger partial charge in [-0.2, -0.15) is 0 Å². The molecular weight excluding hydrogens is 219 g/mol. The van der Waals surface area contributed by atoms with Crippen LogP contribution < -0.4 is 11.1 Å². The highest BCUT2D eigenvalue weighted by molar-refractivity contribution is 5.44. The number of ether oxygens (including phenoxy) is 1. The fourth-order valence-corrected chi connectivity index (χ4v) is 2.25. The lowest BCUT2D eigenvalue weighted by atomic mass is 9.91. The van der Waals surface area contributed by atoms with Gasteiger partial charge >= 0.3 is 0 Å². The third-order valence-corrected chi connectivity index (χ3v) is 3.29. The number of anilines is 1. The minimum Gasteiger partial charge on any atom is -0.381 e. The summed E-state index contributed by atoms with van der Waals surface area (Å²) in [4.78, 5) is 0. The normalized spacial score (nSPS) is 18.9. The van der Waals surface area contributed by atoms with E-state index in [9.17, 15) is 4.39 Å². The van der Waals surface area contributed by atoms with Gasteiger partial charge in [0.15, 0.2) is 0 Å². The molecule has 1 aliphatic heterocycles. The molecule has 1 aromatic carbocycles. The first-order valence-corrected chi connectivity index (χ1v) is 6.09. The molecule has 1 fully saturated rings. The third kappa shape index (κ3) is 3.41. The Balaban J connectivity index is 1.96. The van der Waals surface area contributed by atoms with Crippen LogP contribution >= 0.6 is 0 Å². The summed E-state index contributed by atoms with van der Waals surface area (Å²) >= 11 is 0. The van der Waals surface area contributed by atoms with E-state index in [2.05, 4.69) is 5.32 Å². The molecule has 17 heavy (non-hydrogen) atoms. The number of hydrogen-bond acceptors (Lipinski definition) is 3. The van der Waals surface area contributed by atoms with Crippen LogP contribution in [0.5, 0.6) is 0 Å². The molecule has 0 spiro atoms. The van der Waals surface area contributed by atoms with Crippen LogP contribution in [0.3, 0.4) is 0 Å². The molecule has 3 N–H and O–H groups in total. The van der Waals surface area contributed by atoms with Crippen LogP contribution in [-0.4, -0.2) is 25.8 Å². The molecule has 0 amide bonds. The van der Waals surface area contributed by atoms with Crippen molar-refractivity contribution in [2.75, 3.05) is 25.1 Å². The van der Waals surface area contributed by atoms with Gasteiger partial charge in [0.2, 0.25) is 0 Å². The van der Waals surface area contributed by atoms with E-state index in [1.54, 1.807) is 12.1 Å². The quantitative estimate of drug-likeness (QED) is 0.843. The fourth-order valence-electron chi connectivity index (χ4n) is 2.25. The van der Waals surface area contributed by atoms with Gasteiger partial charge in [0, 0.05) is 31.5 Å². The second-order valence-electron chi connectivity index (χ2n) is 4.44. The lowest BCUT2D eigenvalue weighted by Crippen LogP contribution is -2.39. The van der Waals surface area contributed by atoms with Crippen molar-refractivity contribution in [2.24, 2.45) is 11.7 Å². The molecule has 1 aliphatic rings. The second-order valence-corrected chi connectivity index (χ2v) is 4.44. The van der Waals surface area contributed by atoms with Crippen LogP contribution in [0.2, 0.25) is 0 Å². The van der Waals surface area contributed by atoms with Crippen molar-refractivity contribution >= 4 is 5.69 Å². The number of nitrogens with one attached hydrogen (secondary N) is 1. The zero-order valence-corrected chi connectivity index (χ0v) is 9.86. The molecule has 0 radical (unpaired) electrons. The first kappa shape index (κ1) is 12.3. The van der Waals surface area contributed by atoms with Crippen LogP contribution in [0.4, 0.5) is 10.1 Å². The van der Waals surface area contributed by atoms with E-state index in [1.807, 2.05) is 0 Å². The number of hydrogen-bond donors (Lipinski definition) is 2. The van der Waals surface area contributed by atoms with E-state index in [0.29, 0.717) is 12.5 Å². The molecule has 2 rings (SSSR count). The van der Waals surface area contributed by atoms with Crippen molar-refractivity contribution in [3.05, 3.63) is 30.1 Å². The van der Waals surface area contributed by atoms with Crippen LogP contribution in [0.15, 0.2) is 24.3 Å². The van der Waals surface area contributed by atoms with Crippen molar-refractivity contribution in [3.8, 4) is 0 Å². The molecule has 1 heterocycles. The van der Waals surface area contributed by atoms with E-state index in [1.165, 1.54) is 12.1 Å². The Bertz CT molecular complexity index is 336. The molecule has 4 heteroatoms. The van der Waals surface area contributed by atoms with Gasteiger partial charge in [0.1, 0.15) is 5.82 Å². The monoisotopic (exact) mass is 238 g/mol. The van der Waals surface area contributed by atoms with Crippen LogP contribution in [0.25, 0.3) is 0 Å². The predicted molar refractivity (Wildman–Crippen MR) is 66.4 cm³/mol. The third-order valence-electron chi connectivity index (χ3n) is 3.29. The largest absolute Gasteiger partial charge is 0.381 e. The highest BCUT2D eigenvalue weighted by atomic mass is 19.1. The minimum atomic E-state index is -0.217. The van der Waals surface area contributed by atoms with Gasteiger partial charge in [-0.15, -0.1) is 0 Å². The van der Waals surface area contributed by atoms with E-state index in [0.717, 1.165) is 31.7 Å². The molecule has 0 bridgehead atoms. The maximum Gasteiger partial charge on any atom is 0.123 e.